The molecule has 22 heavy (non-hydrogen) atoms. The van der Waals surface area contributed by atoms with E-state index in [1.54, 1.807) is 7.11 Å². The van der Waals surface area contributed by atoms with E-state index >= 15 is 0 Å². The Kier molecular flexibility index (Phi) is 7.62. The first-order chi connectivity index (χ1) is 10.0. The summed E-state index contributed by atoms with van der Waals surface area (Å²) in [6, 6.07) is 5.39. The first kappa shape index (κ1) is 19.2. The van der Waals surface area contributed by atoms with Crippen LogP contribution >= 0.6 is 28.3 Å². The van der Waals surface area contributed by atoms with Crippen LogP contribution in [0.5, 0.6) is 5.75 Å². The minimum absolute atomic E-state index is 0. The predicted molar refractivity (Wildman–Crippen MR) is 91.7 cm³/mol. The van der Waals surface area contributed by atoms with Gasteiger partial charge in [-0.15, -0.1) is 12.4 Å². The molecule has 0 radical (unpaired) electrons. The highest BCUT2D eigenvalue weighted by Gasteiger charge is 2.29. The average molecular weight is 394 g/mol. The molecule has 7 heteroatoms. The highest BCUT2D eigenvalue weighted by molar-refractivity contribution is 9.10. The van der Waals surface area contributed by atoms with E-state index in [1.165, 1.54) is 0 Å². The van der Waals surface area contributed by atoms with E-state index in [9.17, 15) is 4.79 Å². The van der Waals surface area contributed by atoms with Gasteiger partial charge < -0.3 is 20.1 Å². The molecule has 1 aromatic carbocycles. The average Bonchev–Trinajstić information content (AvgIpc) is 2.47. The van der Waals surface area contributed by atoms with Gasteiger partial charge in [0.2, 0.25) is 5.91 Å². The molecule has 1 unspecified atom stereocenters. The van der Waals surface area contributed by atoms with Crippen molar-refractivity contribution in [1.82, 2.24) is 10.6 Å². The largest absolute Gasteiger partial charge is 0.496 e. The summed E-state index contributed by atoms with van der Waals surface area (Å²) in [7, 11) is 1.63. The lowest BCUT2D eigenvalue weighted by atomic mass is 10.1. The molecule has 1 aromatic rings. The molecule has 1 fully saturated rings. The van der Waals surface area contributed by atoms with Crippen LogP contribution in [0.4, 0.5) is 0 Å². The van der Waals surface area contributed by atoms with Gasteiger partial charge in [0.05, 0.1) is 30.3 Å². The molecule has 0 aliphatic carbocycles. The Morgan fingerprint density at radius 1 is 1.55 bits per heavy atom. The Balaban J connectivity index is 0.00000242. The number of methoxy groups -OCH3 is 1. The van der Waals surface area contributed by atoms with E-state index in [4.69, 9.17) is 9.47 Å². The molecule has 2 rings (SSSR count). The summed E-state index contributed by atoms with van der Waals surface area (Å²) in [4.78, 5) is 12.3. The molecule has 0 saturated carbocycles. The lowest BCUT2D eigenvalue weighted by Gasteiger charge is -2.30. The number of nitrogens with one attached hydrogen (secondary N) is 2. The summed E-state index contributed by atoms with van der Waals surface area (Å²) in [6.45, 7) is 5.21. The van der Waals surface area contributed by atoms with E-state index < -0.39 is 0 Å². The summed E-state index contributed by atoms with van der Waals surface area (Å²) in [5, 5.41) is 6.21. The fourth-order valence-corrected chi connectivity index (χ4v) is 2.92. The molecular weight excluding hydrogens is 372 g/mol. The molecule has 1 saturated heterocycles. The first-order valence-corrected chi connectivity index (χ1v) is 7.81. The van der Waals surface area contributed by atoms with Crippen LogP contribution in [0.3, 0.4) is 0 Å². The second kappa shape index (κ2) is 8.72. The summed E-state index contributed by atoms with van der Waals surface area (Å²) in [6.07, 6.45) is -0.117. The van der Waals surface area contributed by atoms with Gasteiger partial charge in [-0.3, -0.25) is 4.79 Å². The van der Waals surface area contributed by atoms with Gasteiger partial charge in [-0.2, -0.15) is 0 Å². The Morgan fingerprint density at radius 2 is 2.27 bits per heavy atom. The fraction of sp³-hybridized carbons (Fsp3) is 0.533. The second-order valence-electron chi connectivity index (χ2n) is 5.13. The zero-order chi connectivity index (χ0) is 15.4. The number of hydrogen-bond donors (Lipinski definition) is 2. The van der Waals surface area contributed by atoms with E-state index in [0.29, 0.717) is 13.2 Å². The molecule has 1 amide bonds. The van der Waals surface area contributed by atoms with Gasteiger partial charge in [0.15, 0.2) is 0 Å². The maximum Gasteiger partial charge on any atom is 0.240 e. The number of carbonyl (C=O) groups is 1. The second-order valence-corrected chi connectivity index (χ2v) is 5.99. The van der Waals surface area contributed by atoms with Crippen LogP contribution in [-0.4, -0.2) is 38.3 Å². The van der Waals surface area contributed by atoms with Gasteiger partial charge in [-0.1, -0.05) is 6.07 Å². The van der Waals surface area contributed by atoms with E-state index in [0.717, 1.165) is 15.8 Å². The predicted octanol–water partition coefficient (Wildman–Crippen LogP) is 2.43. The molecule has 1 heterocycles. The Morgan fingerprint density at radius 3 is 2.86 bits per heavy atom. The van der Waals surface area contributed by atoms with Crippen LogP contribution in [0.1, 0.15) is 25.5 Å². The highest BCUT2D eigenvalue weighted by atomic mass is 79.9. The normalized spacial score (nSPS) is 22.4. The quantitative estimate of drug-likeness (QED) is 0.825. The van der Waals surface area contributed by atoms with Crippen molar-refractivity contribution >= 4 is 34.2 Å². The van der Waals surface area contributed by atoms with Crippen LogP contribution in [-0.2, 0) is 9.53 Å². The number of halogens is 2. The van der Waals surface area contributed by atoms with Crippen LogP contribution < -0.4 is 15.4 Å². The first-order valence-electron chi connectivity index (χ1n) is 7.01. The van der Waals surface area contributed by atoms with Gasteiger partial charge >= 0.3 is 0 Å². The van der Waals surface area contributed by atoms with Crippen molar-refractivity contribution in [3.63, 3.8) is 0 Å². The number of benzene rings is 1. The van der Waals surface area contributed by atoms with E-state index in [2.05, 4.69) is 26.6 Å². The molecule has 0 bridgehead atoms. The van der Waals surface area contributed by atoms with E-state index in [-0.39, 0.29) is 36.5 Å². The molecule has 5 nitrogen and oxygen atoms in total. The molecule has 124 valence electrons. The number of carbonyl (C=O) groups excluding carboxylic acids is 1. The van der Waals surface area contributed by atoms with Crippen molar-refractivity contribution in [3.05, 3.63) is 28.2 Å². The highest BCUT2D eigenvalue weighted by Crippen LogP contribution is 2.28. The van der Waals surface area contributed by atoms with Crippen molar-refractivity contribution in [2.75, 3.05) is 20.3 Å². The summed E-state index contributed by atoms with van der Waals surface area (Å²) >= 11 is 3.46. The minimum Gasteiger partial charge on any atom is -0.496 e. The molecule has 1 aliphatic rings. The molecule has 0 spiro atoms. The molecular formula is C15H22BrClN2O3. The third-order valence-corrected chi connectivity index (χ3v) is 4.25. The minimum atomic E-state index is -0.303. The van der Waals surface area contributed by atoms with E-state index in [1.807, 2.05) is 32.0 Å². The van der Waals surface area contributed by atoms with Crippen LogP contribution in [0.2, 0.25) is 0 Å². The number of morpholine rings is 1. The number of hydrogen-bond acceptors (Lipinski definition) is 4. The summed E-state index contributed by atoms with van der Waals surface area (Å²) < 4.78 is 11.6. The molecule has 0 aromatic heterocycles. The van der Waals surface area contributed by atoms with Crippen molar-refractivity contribution in [2.45, 2.75) is 32.0 Å². The van der Waals surface area contributed by atoms with Crippen molar-refractivity contribution in [2.24, 2.45) is 0 Å². The van der Waals surface area contributed by atoms with Gasteiger partial charge in [0, 0.05) is 6.54 Å². The lowest BCUT2D eigenvalue weighted by molar-refractivity contribution is -0.129. The maximum atomic E-state index is 12.3. The van der Waals surface area contributed by atoms with Gasteiger partial charge in [-0.25, -0.2) is 0 Å². The number of amides is 1. The topological polar surface area (TPSA) is 59.6 Å². The zero-order valence-electron chi connectivity index (χ0n) is 12.9. The third kappa shape index (κ3) is 4.59. The van der Waals surface area contributed by atoms with Gasteiger partial charge in [0.1, 0.15) is 11.8 Å². The van der Waals surface area contributed by atoms with Crippen molar-refractivity contribution in [3.8, 4) is 5.75 Å². The zero-order valence-corrected chi connectivity index (χ0v) is 15.3. The molecule has 2 N–H and O–H groups in total. The van der Waals surface area contributed by atoms with Crippen LogP contribution in [0.15, 0.2) is 22.7 Å². The summed E-state index contributed by atoms with van der Waals surface area (Å²) in [5.41, 5.74) is 1.01. The number of ether oxygens (including phenoxy) is 2. The third-order valence-electron chi connectivity index (χ3n) is 3.63. The van der Waals surface area contributed by atoms with Crippen LogP contribution in [0.25, 0.3) is 0 Å². The molecule has 1 aliphatic heterocycles. The standard InChI is InChI=1S/C15H21BrN2O3.ClH/c1-9(11-4-5-13(20-3)12(16)8-11)18-15(19)14-10(2)21-7-6-17-14;/h4-5,8-10,14,17H,6-7H2,1-3H3,(H,18,19);1H/t9?,10-,14+;/m1./s1. The van der Waals surface area contributed by atoms with Gasteiger partial charge in [0.25, 0.3) is 0 Å². The summed E-state index contributed by atoms with van der Waals surface area (Å²) in [5.74, 6) is 0.731. The SMILES string of the molecule is COc1ccc(C(C)NC(=O)[C@H]2NCCO[C@@H]2C)cc1Br.Cl. The Hall–Kier alpha value is -0.820. The number of rotatable bonds is 4. The van der Waals surface area contributed by atoms with Crippen molar-refractivity contribution < 1.29 is 14.3 Å². The van der Waals surface area contributed by atoms with Crippen molar-refractivity contribution in [1.29, 1.82) is 0 Å². The monoisotopic (exact) mass is 392 g/mol. The van der Waals surface area contributed by atoms with Gasteiger partial charge in [-0.05, 0) is 47.5 Å². The Labute approximate surface area is 145 Å². The van der Waals surface area contributed by atoms with Crippen LogP contribution in [0, 0.1) is 0 Å². The smallest absolute Gasteiger partial charge is 0.240 e. The fourth-order valence-electron chi connectivity index (χ4n) is 2.37. The Bertz CT molecular complexity index is 516. The maximum absolute atomic E-state index is 12.3. The molecule has 3 atom stereocenters. The lowest BCUT2D eigenvalue weighted by Crippen LogP contribution is -2.55.